The number of nitrogens with one attached hydrogen (secondary N) is 2. The van der Waals surface area contributed by atoms with Crippen LogP contribution in [0.5, 0.6) is 17.4 Å². The van der Waals surface area contributed by atoms with E-state index in [1.807, 2.05) is 6.07 Å². The van der Waals surface area contributed by atoms with Crippen LogP contribution in [0.25, 0.3) is 0 Å². The van der Waals surface area contributed by atoms with Gasteiger partial charge in [0, 0.05) is 51.2 Å². The monoisotopic (exact) mass is 547 g/mol. The smallest absolute Gasteiger partial charge is 0.423 e. The van der Waals surface area contributed by atoms with Crippen molar-refractivity contribution in [2.45, 2.75) is 25.7 Å². The maximum Gasteiger partial charge on any atom is 0.423 e. The van der Waals surface area contributed by atoms with Crippen LogP contribution < -0.4 is 20.1 Å². The SMILES string of the molecule is COCCCNC(=O)c1ccc(Nc2ncc(C(F)(F)F)c(Oc3cccc4c3CON(C)C4)n2)c(OC)c1. The maximum atomic E-state index is 13.8. The zero-order valence-electron chi connectivity index (χ0n) is 21.6. The van der Waals surface area contributed by atoms with Crippen molar-refractivity contribution in [3.05, 3.63) is 64.8 Å². The highest BCUT2D eigenvalue weighted by molar-refractivity contribution is 5.95. The Bertz CT molecular complexity index is 1320. The predicted molar refractivity (Wildman–Crippen MR) is 135 cm³/mol. The lowest BCUT2D eigenvalue weighted by Crippen LogP contribution is -2.25. The second-order valence-corrected chi connectivity index (χ2v) is 8.61. The third-order valence-electron chi connectivity index (χ3n) is 5.84. The number of carbonyl (C=O) groups excluding carboxylic acids is 1. The summed E-state index contributed by atoms with van der Waals surface area (Å²) < 4.78 is 57.4. The number of ether oxygens (including phenoxy) is 3. The molecule has 0 atom stereocenters. The number of amides is 1. The van der Waals surface area contributed by atoms with E-state index in [2.05, 4.69) is 20.6 Å². The van der Waals surface area contributed by atoms with Gasteiger partial charge in [0.05, 0.1) is 19.4 Å². The molecule has 10 nitrogen and oxygen atoms in total. The van der Waals surface area contributed by atoms with Crippen molar-refractivity contribution < 1.29 is 37.0 Å². The van der Waals surface area contributed by atoms with Crippen LogP contribution in [-0.4, -0.2) is 55.4 Å². The highest BCUT2D eigenvalue weighted by atomic mass is 19.4. The van der Waals surface area contributed by atoms with E-state index in [1.165, 1.54) is 13.2 Å². The number of hydroxylamine groups is 2. The van der Waals surface area contributed by atoms with Gasteiger partial charge in [0.25, 0.3) is 5.91 Å². The van der Waals surface area contributed by atoms with Crippen LogP contribution in [0.1, 0.15) is 33.5 Å². The van der Waals surface area contributed by atoms with Gasteiger partial charge in [-0.05, 0) is 36.2 Å². The summed E-state index contributed by atoms with van der Waals surface area (Å²) >= 11 is 0. The fraction of sp³-hybridized carbons (Fsp3) is 0.346. The van der Waals surface area contributed by atoms with Crippen LogP contribution in [0.3, 0.4) is 0 Å². The topological polar surface area (TPSA) is 107 Å². The number of carbonyl (C=O) groups is 1. The Morgan fingerprint density at radius 2 is 2.00 bits per heavy atom. The standard InChI is InChI=1S/C26H28F3N5O5/c1-34-14-17-6-4-7-21(18(17)15-38-34)39-24-19(26(27,28)29)13-31-25(33-24)32-20-9-8-16(12-22(20)37-3)23(35)30-10-5-11-36-2/h4,6-9,12-13H,5,10-11,14-15H2,1-3H3,(H,30,35)(H,31,32,33). The molecule has 1 aliphatic heterocycles. The minimum Gasteiger partial charge on any atom is -0.495 e. The Kier molecular flexibility index (Phi) is 8.84. The van der Waals surface area contributed by atoms with Crippen molar-refractivity contribution in [2.24, 2.45) is 0 Å². The predicted octanol–water partition coefficient (Wildman–Crippen LogP) is 4.68. The quantitative estimate of drug-likeness (QED) is 0.350. The van der Waals surface area contributed by atoms with E-state index in [1.54, 1.807) is 43.5 Å². The number of anilines is 2. The third kappa shape index (κ3) is 6.93. The minimum absolute atomic E-state index is 0.142. The Labute approximate surface area is 223 Å². The van der Waals surface area contributed by atoms with E-state index in [4.69, 9.17) is 19.0 Å². The molecule has 39 heavy (non-hydrogen) atoms. The van der Waals surface area contributed by atoms with Crippen molar-refractivity contribution in [3.63, 3.8) is 0 Å². The van der Waals surface area contributed by atoms with Gasteiger partial charge >= 0.3 is 6.18 Å². The number of rotatable bonds is 10. The van der Waals surface area contributed by atoms with Crippen LogP contribution in [0, 0.1) is 0 Å². The molecule has 0 saturated carbocycles. The van der Waals surface area contributed by atoms with Gasteiger partial charge in [-0.2, -0.15) is 23.2 Å². The summed E-state index contributed by atoms with van der Waals surface area (Å²) in [5.74, 6) is -0.663. The molecule has 0 unspecified atom stereocenters. The molecule has 0 radical (unpaired) electrons. The van der Waals surface area contributed by atoms with Gasteiger partial charge in [0.15, 0.2) is 0 Å². The van der Waals surface area contributed by atoms with E-state index in [0.717, 1.165) is 5.56 Å². The number of methoxy groups -OCH3 is 2. The van der Waals surface area contributed by atoms with Gasteiger partial charge < -0.3 is 24.8 Å². The number of nitrogens with zero attached hydrogens (tertiary/aromatic N) is 3. The summed E-state index contributed by atoms with van der Waals surface area (Å²) in [7, 11) is 4.74. The summed E-state index contributed by atoms with van der Waals surface area (Å²) in [6.07, 6.45) is -3.45. The molecule has 0 aliphatic carbocycles. The molecular formula is C26H28F3N5O5. The molecule has 0 bridgehead atoms. The molecule has 2 aromatic carbocycles. The molecule has 3 aromatic rings. The second-order valence-electron chi connectivity index (χ2n) is 8.61. The lowest BCUT2D eigenvalue weighted by Gasteiger charge is -2.26. The highest BCUT2D eigenvalue weighted by Gasteiger charge is 2.37. The largest absolute Gasteiger partial charge is 0.495 e. The second kappa shape index (κ2) is 12.3. The van der Waals surface area contributed by atoms with Gasteiger partial charge in [-0.3, -0.25) is 9.63 Å². The number of hydrogen-bond donors (Lipinski definition) is 2. The van der Waals surface area contributed by atoms with Gasteiger partial charge in [0.1, 0.15) is 17.1 Å². The molecule has 2 N–H and O–H groups in total. The molecule has 4 rings (SSSR count). The van der Waals surface area contributed by atoms with E-state index in [9.17, 15) is 18.0 Å². The first-order valence-electron chi connectivity index (χ1n) is 12.0. The molecule has 1 amide bonds. The van der Waals surface area contributed by atoms with Crippen molar-refractivity contribution >= 4 is 17.5 Å². The number of benzene rings is 2. The molecule has 0 spiro atoms. The van der Waals surface area contributed by atoms with Gasteiger partial charge in [-0.15, -0.1) is 0 Å². The number of fused-ring (bicyclic) bond motifs is 1. The van der Waals surface area contributed by atoms with E-state index >= 15 is 0 Å². The van der Waals surface area contributed by atoms with Crippen molar-refractivity contribution in [2.75, 3.05) is 39.7 Å². The molecule has 13 heteroatoms. The van der Waals surface area contributed by atoms with Crippen LogP contribution in [0.15, 0.2) is 42.6 Å². The molecular weight excluding hydrogens is 519 g/mol. The number of hydrogen-bond acceptors (Lipinski definition) is 9. The summed E-state index contributed by atoms with van der Waals surface area (Å²) in [6, 6.07) is 9.71. The molecule has 2 heterocycles. The Morgan fingerprint density at radius 1 is 1.18 bits per heavy atom. The van der Waals surface area contributed by atoms with E-state index in [-0.39, 0.29) is 30.0 Å². The molecule has 208 valence electrons. The summed E-state index contributed by atoms with van der Waals surface area (Å²) in [5.41, 5.74) is 1.05. The van der Waals surface area contributed by atoms with Gasteiger partial charge in [-0.1, -0.05) is 12.1 Å². The van der Waals surface area contributed by atoms with Crippen LogP contribution in [0.2, 0.25) is 0 Å². The summed E-state index contributed by atoms with van der Waals surface area (Å²) in [5, 5.41) is 7.25. The fourth-order valence-electron chi connectivity index (χ4n) is 3.86. The van der Waals surface area contributed by atoms with Crippen molar-refractivity contribution in [3.8, 4) is 17.4 Å². The molecule has 1 aliphatic rings. The Balaban J connectivity index is 1.59. The van der Waals surface area contributed by atoms with Crippen LogP contribution in [0.4, 0.5) is 24.8 Å². The number of alkyl halides is 3. The Morgan fingerprint density at radius 3 is 2.74 bits per heavy atom. The molecule has 0 fully saturated rings. The highest BCUT2D eigenvalue weighted by Crippen LogP contribution is 2.39. The lowest BCUT2D eigenvalue weighted by molar-refractivity contribution is -0.168. The first-order chi connectivity index (χ1) is 18.7. The normalized spacial score (nSPS) is 13.5. The first-order valence-corrected chi connectivity index (χ1v) is 12.0. The number of aromatic nitrogens is 2. The zero-order valence-corrected chi connectivity index (χ0v) is 21.6. The first kappa shape index (κ1) is 28.1. The zero-order chi connectivity index (χ0) is 28.0. The van der Waals surface area contributed by atoms with Gasteiger partial charge in [-0.25, -0.2) is 4.98 Å². The van der Waals surface area contributed by atoms with Gasteiger partial charge in [0.2, 0.25) is 11.8 Å². The summed E-state index contributed by atoms with van der Waals surface area (Å²) in [6.45, 7) is 1.55. The van der Waals surface area contributed by atoms with Crippen LogP contribution in [-0.2, 0) is 28.9 Å². The Hall–Kier alpha value is -3.94. The summed E-state index contributed by atoms with van der Waals surface area (Å²) in [4.78, 5) is 25.8. The van der Waals surface area contributed by atoms with Crippen molar-refractivity contribution in [1.29, 1.82) is 0 Å². The fourth-order valence-corrected chi connectivity index (χ4v) is 3.86. The third-order valence-corrected chi connectivity index (χ3v) is 5.84. The molecule has 1 aromatic heterocycles. The van der Waals surface area contributed by atoms with Crippen LogP contribution >= 0.6 is 0 Å². The minimum atomic E-state index is -4.75. The maximum absolute atomic E-state index is 13.8. The van der Waals surface area contributed by atoms with E-state index in [0.29, 0.717) is 49.1 Å². The molecule has 0 saturated heterocycles. The number of halogens is 3. The lowest BCUT2D eigenvalue weighted by atomic mass is 10.1. The average molecular weight is 548 g/mol. The van der Waals surface area contributed by atoms with Crippen molar-refractivity contribution in [1.82, 2.24) is 20.3 Å². The average Bonchev–Trinajstić information content (AvgIpc) is 2.90. The van der Waals surface area contributed by atoms with E-state index < -0.39 is 17.6 Å².